The molecule has 1 amide bonds. The van der Waals surface area contributed by atoms with E-state index < -0.39 is 0 Å². The molecule has 0 unspecified atom stereocenters. The fraction of sp³-hybridized carbons (Fsp3) is 0.875. The van der Waals surface area contributed by atoms with E-state index in [2.05, 4.69) is 16.6 Å². The van der Waals surface area contributed by atoms with E-state index in [0.717, 1.165) is 45.6 Å². The SMILES string of the molecule is COC(=O)CCN1CCN(C(=O)C2(C)CCCCC2)CC1. The van der Waals surface area contributed by atoms with Crippen molar-refractivity contribution in [1.29, 1.82) is 0 Å². The van der Waals surface area contributed by atoms with Crippen molar-refractivity contribution >= 4 is 11.9 Å². The van der Waals surface area contributed by atoms with E-state index in [9.17, 15) is 9.59 Å². The molecule has 5 heteroatoms. The Labute approximate surface area is 127 Å². The molecular weight excluding hydrogens is 268 g/mol. The first kappa shape index (κ1) is 16.3. The van der Waals surface area contributed by atoms with Crippen molar-refractivity contribution in [3.05, 3.63) is 0 Å². The van der Waals surface area contributed by atoms with E-state index in [4.69, 9.17) is 0 Å². The molecule has 0 radical (unpaired) electrons. The summed E-state index contributed by atoms with van der Waals surface area (Å²) in [5, 5.41) is 0. The summed E-state index contributed by atoms with van der Waals surface area (Å²) in [6.07, 6.45) is 6.14. The molecule has 0 atom stereocenters. The van der Waals surface area contributed by atoms with Crippen molar-refractivity contribution in [2.45, 2.75) is 45.4 Å². The van der Waals surface area contributed by atoms with Crippen molar-refractivity contribution in [1.82, 2.24) is 9.80 Å². The number of amides is 1. The zero-order valence-corrected chi connectivity index (χ0v) is 13.4. The highest BCUT2D eigenvalue weighted by Crippen LogP contribution is 2.37. The third-order valence-corrected chi connectivity index (χ3v) is 4.99. The maximum absolute atomic E-state index is 12.7. The van der Waals surface area contributed by atoms with Crippen molar-refractivity contribution in [3.63, 3.8) is 0 Å². The van der Waals surface area contributed by atoms with Gasteiger partial charge in [0.25, 0.3) is 0 Å². The topological polar surface area (TPSA) is 49.9 Å². The van der Waals surface area contributed by atoms with Gasteiger partial charge in [0.05, 0.1) is 13.5 Å². The molecule has 0 spiro atoms. The van der Waals surface area contributed by atoms with Crippen LogP contribution in [0, 0.1) is 5.41 Å². The summed E-state index contributed by atoms with van der Waals surface area (Å²) in [6, 6.07) is 0. The highest BCUT2D eigenvalue weighted by Gasteiger charge is 2.38. The fourth-order valence-electron chi connectivity index (χ4n) is 3.45. The first-order chi connectivity index (χ1) is 10.0. The molecular formula is C16H28N2O3. The summed E-state index contributed by atoms with van der Waals surface area (Å²) in [4.78, 5) is 28.2. The molecule has 2 fully saturated rings. The Morgan fingerprint density at radius 1 is 1.05 bits per heavy atom. The Balaban J connectivity index is 1.78. The van der Waals surface area contributed by atoms with Crippen LogP contribution in [0.5, 0.6) is 0 Å². The molecule has 1 aliphatic heterocycles. The van der Waals surface area contributed by atoms with E-state index in [1.807, 2.05) is 4.90 Å². The van der Waals surface area contributed by atoms with Gasteiger partial charge in [0, 0.05) is 38.1 Å². The summed E-state index contributed by atoms with van der Waals surface area (Å²) in [6.45, 7) is 6.16. The van der Waals surface area contributed by atoms with Gasteiger partial charge >= 0.3 is 5.97 Å². The number of piperazine rings is 1. The maximum Gasteiger partial charge on any atom is 0.306 e. The van der Waals surface area contributed by atoms with Gasteiger partial charge < -0.3 is 9.64 Å². The van der Waals surface area contributed by atoms with E-state index >= 15 is 0 Å². The predicted molar refractivity (Wildman–Crippen MR) is 80.8 cm³/mol. The van der Waals surface area contributed by atoms with Crippen LogP contribution in [0.15, 0.2) is 0 Å². The van der Waals surface area contributed by atoms with Crippen molar-refractivity contribution < 1.29 is 14.3 Å². The van der Waals surface area contributed by atoms with Crippen molar-refractivity contribution in [3.8, 4) is 0 Å². The summed E-state index contributed by atoms with van der Waals surface area (Å²) in [5.41, 5.74) is -0.133. The minimum atomic E-state index is -0.164. The highest BCUT2D eigenvalue weighted by atomic mass is 16.5. The second-order valence-corrected chi connectivity index (χ2v) is 6.58. The van der Waals surface area contributed by atoms with Crippen LogP contribution in [0.4, 0.5) is 0 Å². The van der Waals surface area contributed by atoms with Crippen LogP contribution in [0.1, 0.15) is 45.4 Å². The first-order valence-electron chi connectivity index (χ1n) is 8.14. The van der Waals surface area contributed by atoms with Gasteiger partial charge in [0.1, 0.15) is 0 Å². The Morgan fingerprint density at radius 2 is 1.67 bits per heavy atom. The van der Waals surface area contributed by atoms with E-state index in [-0.39, 0.29) is 11.4 Å². The number of nitrogens with zero attached hydrogens (tertiary/aromatic N) is 2. The second kappa shape index (κ2) is 7.25. The van der Waals surface area contributed by atoms with E-state index in [1.54, 1.807) is 0 Å². The van der Waals surface area contributed by atoms with Crippen LogP contribution in [0.3, 0.4) is 0 Å². The predicted octanol–water partition coefficient (Wildman–Crippen LogP) is 1.66. The molecule has 0 aromatic carbocycles. The quantitative estimate of drug-likeness (QED) is 0.740. The standard InChI is InChI=1S/C16H28N2O3/c1-16(7-4-3-5-8-16)15(20)18-12-10-17(11-13-18)9-6-14(19)21-2/h3-13H2,1-2H3. The normalized spacial score (nSPS) is 22.9. The molecule has 120 valence electrons. The van der Waals surface area contributed by atoms with Crippen LogP contribution in [-0.4, -0.2) is 61.5 Å². The minimum Gasteiger partial charge on any atom is -0.469 e. The lowest BCUT2D eigenvalue weighted by molar-refractivity contribution is -0.146. The lowest BCUT2D eigenvalue weighted by atomic mass is 9.74. The zero-order valence-electron chi connectivity index (χ0n) is 13.4. The lowest BCUT2D eigenvalue weighted by Gasteiger charge is -2.41. The molecule has 1 saturated carbocycles. The first-order valence-corrected chi connectivity index (χ1v) is 8.14. The molecule has 0 aromatic rings. The number of carbonyl (C=O) groups excluding carboxylic acids is 2. The molecule has 0 N–H and O–H groups in total. The summed E-state index contributed by atoms with van der Waals surface area (Å²) in [5.74, 6) is 0.179. The Morgan fingerprint density at radius 3 is 2.24 bits per heavy atom. The van der Waals surface area contributed by atoms with Crippen LogP contribution >= 0.6 is 0 Å². The van der Waals surface area contributed by atoms with Gasteiger partial charge in [-0.2, -0.15) is 0 Å². The summed E-state index contributed by atoms with van der Waals surface area (Å²) < 4.78 is 4.66. The third kappa shape index (κ3) is 4.19. The van der Waals surface area contributed by atoms with Gasteiger partial charge in [-0.15, -0.1) is 0 Å². The van der Waals surface area contributed by atoms with Gasteiger partial charge in [0.15, 0.2) is 0 Å². The van der Waals surface area contributed by atoms with Gasteiger partial charge in [-0.1, -0.05) is 26.2 Å². The van der Waals surface area contributed by atoms with Crippen LogP contribution in [-0.2, 0) is 14.3 Å². The monoisotopic (exact) mass is 296 g/mol. The number of hydrogen-bond acceptors (Lipinski definition) is 4. The number of rotatable bonds is 4. The van der Waals surface area contributed by atoms with Crippen LogP contribution < -0.4 is 0 Å². The molecule has 2 aliphatic rings. The zero-order chi connectivity index (χ0) is 15.3. The molecule has 21 heavy (non-hydrogen) atoms. The molecule has 1 saturated heterocycles. The molecule has 0 aromatic heterocycles. The number of methoxy groups -OCH3 is 1. The largest absolute Gasteiger partial charge is 0.469 e. The second-order valence-electron chi connectivity index (χ2n) is 6.58. The average molecular weight is 296 g/mol. The third-order valence-electron chi connectivity index (χ3n) is 4.99. The molecule has 1 heterocycles. The Kier molecular flexibility index (Phi) is 5.62. The van der Waals surface area contributed by atoms with Crippen LogP contribution in [0.25, 0.3) is 0 Å². The van der Waals surface area contributed by atoms with Gasteiger partial charge in [-0.25, -0.2) is 0 Å². The fourth-order valence-corrected chi connectivity index (χ4v) is 3.45. The number of hydrogen-bond donors (Lipinski definition) is 0. The minimum absolute atomic E-state index is 0.133. The summed E-state index contributed by atoms with van der Waals surface area (Å²) in [7, 11) is 1.42. The lowest BCUT2D eigenvalue weighted by Crippen LogP contribution is -2.53. The van der Waals surface area contributed by atoms with Crippen LogP contribution in [0.2, 0.25) is 0 Å². The van der Waals surface area contributed by atoms with E-state index in [1.165, 1.54) is 26.4 Å². The highest BCUT2D eigenvalue weighted by molar-refractivity contribution is 5.82. The molecule has 2 rings (SSSR count). The Bertz CT molecular complexity index is 370. The average Bonchev–Trinajstić information content (AvgIpc) is 2.53. The Hall–Kier alpha value is -1.10. The smallest absolute Gasteiger partial charge is 0.306 e. The van der Waals surface area contributed by atoms with Gasteiger partial charge in [-0.05, 0) is 12.8 Å². The van der Waals surface area contributed by atoms with Gasteiger partial charge in [-0.3, -0.25) is 14.5 Å². The number of ether oxygens (including phenoxy) is 1. The maximum atomic E-state index is 12.7. The number of esters is 1. The number of carbonyl (C=O) groups is 2. The summed E-state index contributed by atoms with van der Waals surface area (Å²) >= 11 is 0. The molecule has 5 nitrogen and oxygen atoms in total. The van der Waals surface area contributed by atoms with Crippen molar-refractivity contribution in [2.24, 2.45) is 5.41 Å². The van der Waals surface area contributed by atoms with Gasteiger partial charge in [0.2, 0.25) is 5.91 Å². The molecule has 1 aliphatic carbocycles. The van der Waals surface area contributed by atoms with E-state index in [0.29, 0.717) is 12.3 Å². The molecule has 0 bridgehead atoms. The van der Waals surface area contributed by atoms with Crippen molar-refractivity contribution in [2.75, 3.05) is 39.8 Å².